The smallest absolute Gasteiger partial charge is 0.410 e. The summed E-state index contributed by atoms with van der Waals surface area (Å²) in [5, 5.41) is 6.61. The summed E-state index contributed by atoms with van der Waals surface area (Å²) in [6, 6.07) is 6.45. The minimum atomic E-state index is -0.712. The number of carbonyl (C=O) groups excluding carboxylic acids is 3. The topological polar surface area (TPSA) is 133 Å². The number of H-pyrrole nitrogens is 1. The van der Waals surface area contributed by atoms with Crippen LogP contribution in [0.5, 0.6) is 0 Å². The fourth-order valence-corrected chi connectivity index (χ4v) is 2.13. The number of nitrogens with one attached hydrogen (secondary N) is 3. The Morgan fingerprint density at radius 2 is 1.78 bits per heavy atom. The number of likely N-dealkylation sites (N-methyl/N-ethyl adjacent to an activating group) is 1. The van der Waals surface area contributed by atoms with Crippen LogP contribution >= 0.6 is 0 Å². The summed E-state index contributed by atoms with van der Waals surface area (Å²) in [5.74, 6) is -1.35. The maximum absolute atomic E-state index is 12.3. The summed E-state index contributed by atoms with van der Waals surface area (Å²) in [5.41, 5.74) is 3.23. The van der Waals surface area contributed by atoms with Crippen LogP contribution < -0.4 is 16.4 Å². The van der Waals surface area contributed by atoms with Crippen molar-refractivity contribution in [1.82, 2.24) is 25.9 Å². The first-order valence-electron chi connectivity index (χ1n) is 8.09. The van der Waals surface area contributed by atoms with E-state index in [0.29, 0.717) is 10.8 Å². The van der Waals surface area contributed by atoms with E-state index < -0.39 is 29.1 Å². The summed E-state index contributed by atoms with van der Waals surface area (Å²) >= 11 is 0. The van der Waals surface area contributed by atoms with Crippen molar-refractivity contribution in [2.24, 2.45) is 0 Å². The molecule has 0 atom stereocenters. The molecule has 0 aliphatic rings. The van der Waals surface area contributed by atoms with Gasteiger partial charge in [-0.25, -0.2) is 9.89 Å². The molecule has 0 bridgehead atoms. The lowest BCUT2D eigenvalue weighted by Crippen LogP contribution is -2.47. The molecule has 0 fully saturated rings. The molecular formula is C17H21N5O5. The number of hydrogen-bond acceptors (Lipinski definition) is 6. The second-order valence-electron chi connectivity index (χ2n) is 6.79. The third kappa shape index (κ3) is 5.27. The first-order valence-corrected chi connectivity index (χ1v) is 8.09. The first-order chi connectivity index (χ1) is 12.6. The van der Waals surface area contributed by atoms with Crippen molar-refractivity contribution in [3.05, 3.63) is 40.3 Å². The van der Waals surface area contributed by atoms with Gasteiger partial charge in [-0.1, -0.05) is 18.2 Å². The summed E-state index contributed by atoms with van der Waals surface area (Å²) in [4.78, 5) is 48.8. The van der Waals surface area contributed by atoms with E-state index in [0.717, 1.165) is 4.90 Å². The van der Waals surface area contributed by atoms with E-state index in [4.69, 9.17) is 4.74 Å². The fourth-order valence-electron chi connectivity index (χ4n) is 2.13. The van der Waals surface area contributed by atoms with Crippen molar-refractivity contribution < 1.29 is 19.1 Å². The molecule has 1 heterocycles. The second-order valence-corrected chi connectivity index (χ2v) is 6.79. The zero-order valence-corrected chi connectivity index (χ0v) is 15.5. The minimum absolute atomic E-state index is 0.0500. The van der Waals surface area contributed by atoms with Gasteiger partial charge in [-0.05, 0) is 26.8 Å². The van der Waals surface area contributed by atoms with Gasteiger partial charge in [-0.3, -0.25) is 25.2 Å². The summed E-state index contributed by atoms with van der Waals surface area (Å²) in [7, 11) is 1.40. The normalized spacial score (nSPS) is 11.0. The molecule has 0 saturated carbocycles. The van der Waals surface area contributed by atoms with Crippen LogP contribution in [0.1, 0.15) is 31.3 Å². The van der Waals surface area contributed by atoms with Crippen LogP contribution in [0.4, 0.5) is 4.79 Å². The summed E-state index contributed by atoms with van der Waals surface area (Å²) in [6.07, 6.45) is -0.669. The Balaban J connectivity index is 1.98. The number of rotatable bonds is 3. The Kier molecular flexibility index (Phi) is 5.78. The molecule has 1 aromatic carbocycles. The van der Waals surface area contributed by atoms with Crippen molar-refractivity contribution in [2.45, 2.75) is 26.4 Å². The number of amides is 3. The predicted octanol–water partition coefficient (Wildman–Crippen LogP) is 0.551. The van der Waals surface area contributed by atoms with Crippen molar-refractivity contribution in [2.75, 3.05) is 13.6 Å². The number of hydrogen-bond donors (Lipinski definition) is 3. The Bertz CT molecular complexity index is 931. The van der Waals surface area contributed by atoms with Gasteiger partial charge >= 0.3 is 6.09 Å². The lowest BCUT2D eigenvalue weighted by molar-refractivity contribution is -0.122. The van der Waals surface area contributed by atoms with Gasteiger partial charge in [0.15, 0.2) is 5.69 Å². The van der Waals surface area contributed by atoms with Gasteiger partial charge in [0.25, 0.3) is 17.4 Å². The molecule has 27 heavy (non-hydrogen) atoms. The molecular weight excluding hydrogens is 354 g/mol. The van der Waals surface area contributed by atoms with E-state index in [2.05, 4.69) is 21.0 Å². The molecule has 0 radical (unpaired) electrons. The average molecular weight is 375 g/mol. The molecule has 0 spiro atoms. The third-order valence-corrected chi connectivity index (χ3v) is 3.31. The largest absolute Gasteiger partial charge is 0.444 e. The second kappa shape index (κ2) is 7.85. The molecule has 1 aromatic heterocycles. The highest BCUT2D eigenvalue weighted by Crippen LogP contribution is 2.12. The van der Waals surface area contributed by atoms with E-state index in [1.54, 1.807) is 45.0 Å². The standard InChI is InChI=1S/C17H21N5O5/c1-17(2,3)27-16(26)22(4)9-12(23)18-21-15(25)13-10-7-5-6-8-11(10)14(24)20-19-13/h5-8H,9H2,1-4H3,(H,18,23)(H,20,24)(H,21,25). The molecule has 144 valence electrons. The number of aromatic nitrogens is 2. The van der Waals surface area contributed by atoms with Crippen molar-refractivity contribution in [3.63, 3.8) is 0 Å². The van der Waals surface area contributed by atoms with Crippen LogP contribution in [-0.2, 0) is 9.53 Å². The van der Waals surface area contributed by atoms with Crippen molar-refractivity contribution in [3.8, 4) is 0 Å². The highest BCUT2D eigenvalue weighted by Gasteiger charge is 2.21. The van der Waals surface area contributed by atoms with Crippen molar-refractivity contribution >= 4 is 28.7 Å². The fraction of sp³-hybridized carbons (Fsp3) is 0.353. The van der Waals surface area contributed by atoms with Gasteiger partial charge in [-0.15, -0.1) is 0 Å². The molecule has 0 saturated heterocycles. The maximum atomic E-state index is 12.3. The number of ether oxygens (including phenoxy) is 1. The van der Waals surface area contributed by atoms with Crippen LogP contribution in [0.15, 0.2) is 29.1 Å². The number of benzene rings is 1. The molecule has 0 unspecified atom stereocenters. The van der Waals surface area contributed by atoms with Gasteiger partial charge in [0.2, 0.25) is 0 Å². The summed E-state index contributed by atoms with van der Waals surface area (Å²) < 4.78 is 5.13. The van der Waals surface area contributed by atoms with Crippen LogP contribution in [-0.4, -0.2) is 52.2 Å². The number of hydrazine groups is 1. The summed E-state index contributed by atoms with van der Waals surface area (Å²) in [6.45, 7) is 4.80. The first kappa shape index (κ1) is 19.9. The highest BCUT2D eigenvalue weighted by molar-refractivity contribution is 6.05. The Morgan fingerprint density at radius 1 is 1.15 bits per heavy atom. The number of carbonyl (C=O) groups is 3. The molecule has 2 aromatic rings. The van der Waals surface area contributed by atoms with Gasteiger partial charge < -0.3 is 9.64 Å². The van der Waals surface area contributed by atoms with E-state index in [-0.39, 0.29) is 12.2 Å². The van der Waals surface area contributed by atoms with E-state index in [1.807, 2.05) is 0 Å². The third-order valence-electron chi connectivity index (χ3n) is 3.31. The Morgan fingerprint density at radius 3 is 2.41 bits per heavy atom. The van der Waals surface area contributed by atoms with Gasteiger partial charge in [-0.2, -0.15) is 5.10 Å². The molecule has 10 nitrogen and oxygen atoms in total. The van der Waals surface area contributed by atoms with E-state index in [9.17, 15) is 19.2 Å². The van der Waals surface area contributed by atoms with Gasteiger partial charge in [0.05, 0.1) is 5.39 Å². The number of aromatic amines is 1. The monoisotopic (exact) mass is 375 g/mol. The van der Waals surface area contributed by atoms with E-state index >= 15 is 0 Å². The molecule has 3 amide bonds. The minimum Gasteiger partial charge on any atom is -0.444 e. The van der Waals surface area contributed by atoms with Gasteiger partial charge in [0.1, 0.15) is 12.1 Å². The molecule has 0 aliphatic heterocycles. The van der Waals surface area contributed by atoms with E-state index in [1.165, 1.54) is 7.05 Å². The molecule has 0 aliphatic carbocycles. The molecule has 10 heteroatoms. The number of nitrogens with zero attached hydrogens (tertiary/aromatic N) is 2. The average Bonchev–Trinajstić information content (AvgIpc) is 2.58. The zero-order valence-electron chi connectivity index (χ0n) is 15.5. The van der Waals surface area contributed by atoms with Gasteiger partial charge in [0, 0.05) is 12.4 Å². The van der Waals surface area contributed by atoms with Crippen molar-refractivity contribution in [1.29, 1.82) is 0 Å². The Hall–Kier alpha value is -3.43. The highest BCUT2D eigenvalue weighted by atomic mass is 16.6. The number of fused-ring (bicyclic) bond motifs is 1. The van der Waals surface area contributed by atoms with Crippen LogP contribution in [0, 0.1) is 0 Å². The lowest BCUT2D eigenvalue weighted by atomic mass is 10.1. The quantitative estimate of drug-likeness (QED) is 0.671. The molecule has 3 N–H and O–H groups in total. The predicted molar refractivity (Wildman–Crippen MR) is 96.8 cm³/mol. The lowest BCUT2D eigenvalue weighted by Gasteiger charge is -2.24. The zero-order chi connectivity index (χ0) is 20.2. The Labute approximate surface area is 154 Å². The maximum Gasteiger partial charge on any atom is 0.410 e. The molecule has 2 rings (SSSR count). The van der Waals surface area contributed by atoms with Crippen LogP contribution in [0.25, 0.3) is 10.8 Å². The van der Waals surface area contributed by atoms with Crippen LogP contribution in [0.2, 0.25) is 0 Å². The van der Waals surface area contributed by atoms with Crippen LogP contribution in [0.3, 0.4) is 0 Å². The SMILES string of the molecule is CN(CC(=O)NNC(=O)c1n[nH]c(=O)c2ccccc12)C(=O)OC(C)(C)C.